The van der Waals surface area contributed by atoms with Crippen molar-refractivity contribution >= 4 is 23.5 Å². The first-order chi connectivity index (χ1) is 19.2. The minimum atomic E-state index is -0.835. The number of phenols is 1. The fourth-order valence-electron chi connectivity index (χ4n) is 6.68. The molecule has 4 rings (SSSR count). The van der Waals surface area contributed by atoms with E-state index >= 15 is 0 Å². The molecule has 214 valence electrons. The van der Waals surface area contributed by atoms with Gasteiger partial charge in [0.25, 0.3) is 0 Å². The van der Waals surface area contributed by atoms with Crippen LogP contribution in [0.5, 0.6) is 5.75 Å². The molecule has 6 nitrogen and oxygen atoms in total. The summed E-state index contributed by atoms with van der Waals surface area (Å²) in [5.74, 6) is -1.66. The summed E-state index contributed by atoms with van der Waals surface area (Å²) in [6.07, 6.45) is 5.02. The number of aryl methyl sites for hydroxylation is 2. The number of aliphatic hydroxyl groups excluding tert-OH is 2. The van der Waals surface area contributed by atoms with E-state index in [1.54, 1.807) is 0 Å². The molecule has 0 bridgehead atoms. The molecule has 2 aromatic rings. The van der Waals surface area contributed by atoms with Gasteiger partial charge in [0.05, 0.1) is 24.5 Å². The highest BCUT2D eigenvalue weighted by atomic mass is 16.3. The van der Waals surface area contributed by atoms with Crippen LogP contribution in [0.15, 0.2) is 53.6 Å². The van der Waals surface area contributed by atoms with Crippen LogP contribution in [0.3, 0.4) is 0 Å². The van der Waals surface area contributed by atoms with Gasteiger partial charge in [-0.3, -0.25) is 14.5 Å². The van der Waals surface area contributed by atoms with E-state index < -0.39 is 23.9 Å². The molecular formula is C34H43NO5. The first-order valence-corrected chi connectivity index (χ1v) is 14.6. The quantitative estimate of drug-likeness (QED) is 0.188. The van der Waals surface area contributed by atoms with Crippen LogP contribution in [0.2, 0.25) is 0 Å². The number of aromatic hydroxyl groups is 1. The largest absolute Gasteiger partial charge is 0.507 e. The number of likely N-dealkylation sites (tertiary alicyclic amines) is 1. The third kappa shape index (κ3) is 5.93. The fraction of sp³-hybridized carbons (Fsp3) is 0.471. The number of aliphatic hydroxyl groups is 2. The van der Waals surface area contributed by atoms with Crippen LogP contribution >= 0.6 is 0 Å². The standard InChI is InChI=1S/C34H43NO5/c1-5-10-26-19-27-31(34(40)35(15-6-2)33(27)39)28(20-36)30(26)29(37)14-13-25(24-11-8-7-9-12-24)18-23-16-21(3)32(38)22(4)17-23/h7-9,11-12,16-18,27-29,31,36-38H,5-6,10,13-15,19-20H2,1-4H3/b25-18-/t27-,28+,29-,31-/m1/s1. The number of phenolic OH excluding ortho intramolecular Hbond substituents is 1. The number of benzene rings is 2. The Morgan fingerprint density at radius 2 is 1.73 bits per heavy atom. The maximum atomic E-state index is 13.3. The predicted molar refractivity (Wildman–Crippen MR) is 158 cm³/mol. The summed E-state index contributed by atoms with van der Waals surface area (Å²) in [7, 11) is 0. The number of rotatable bonds is 11. The van der Waals surface area contributed by atoms with Gasteiger partial charge in [0.2, 0.25) is 11.8 Å². The Kier molecular flexibility index (Phi) is 9.64. The van der Waals surface area contributed by atoms with Crippen LogP contribution < -0.4 is 0 Å². The molecule has 4 atom stereocenters. The van der Waals surface area contributed by atoms with E-state index in [9.17, 15) is 24.9 Å². The van der Waals surface area contributed by atoms with E-state index in [2.05, 4.69) is 13.0 Å². The van der Waals surface area contributed by atoms with Crippen LogP contribution in [-0.4, -0.2) is 51.3 Å². The van der Waals surface area contributed by atoms with E-state index in [0.29, 0.717) is 38.0 Å². The molecule has 1 aliphatic heterocycles. The number of hydrogen-bond donors (Lipinski definition) is 3. The number of amides is 2. The van der Waals surface area contributed by atoms with Crippen LogP contribution in [0.4, 0.5) is 0 Å². The minimum absolute atomic E-state index is 0.133. The first kappa shape index (κ1) is 29.8. The van der Waals surface area contributed by atoms with Crippen molar-refractivity contribution in [2.75, 3.05) is 13.2 Å². The second-order valence-corrected chi connectivity index (χ2v) is 11.4. The van der Waals surface area contributed by atoms with Crippen molar-refractivity contribution in [3.8, 4) is 5.75 Å². The number of nitrogens with zero attached hydrogens (tertiary/aromatic N) is 1. The molecule has 6 heteroatoms. The molecule has 1 fully saturated rings. The van der Waals surface area contributed by atoms with Gasteiger partial charge in [-0.25, -0.2) is 0 Å². The van der Waals surface area contributed by atoms with E-state index in [1.165, 1.54) is 4.90 Å². The smallest absolute Gasteiger partial charge is 0.233 e. The third-order valence-electron chi connectivity index (χ3n) is 8.52. The molecule has 0 saturated carbocycles. The Bertz CT molecular complexity index is 1270. The number of fused-ring (bicyclic) bond motifs is 1. The van der Waals surface area contributed by atoms with Gasteiger partial charge in [0.15, 0.2) is 0 Å². The summed E-state index contributed by atoms with van der Waals surface area (Å²) in [4.78, 5) is 27.9. The van der Waals surface area contributed by atoms with Crippen LogP contribution in [0.25, 0.3) is 11.6 Å². The number of hydrogen-bond acceptors (Lipinski definition) is 5. The van der Waals surface area contributed by atoms with Gasteiger partial charge >= 0.3 is 0 Å². The van der Waals surface area contributed by atoms with Crippen LogP contribution in [0, 0.1) is 31.6 Å². The van der Waals surface area contributed by atoms with Crippen LogP contribution in [-0.2, 0) is 9.59 Å². The van der Waals surface area contributed by atoms with Crippen molar-refractivity contribution in [1.29, 1.82) is 0 Å². The molecule has 1 heterocycles. The van der Waals surface area contributed by atoms with Crippen molar-refractivity contribution in [2.24, 2.45) is 17.8 Å². The molecule has 3 N–H and O–H groups in total. The van der Waals surface area contributed by atoms with Crippen molar-refractivity contribution in [1.82, 2.24) is 4.90 Å². The SMILES string of the molecule is CCCC1=C([C@H](O)CC/C(=C/c2cc(C)c(O)c(C)c2)c2ccccc2)[C@H](CO)[C@@H]2C(=O)N(CCC)C(=O)[C@@H]2C1. The van der Waals surface area contributed by atoms with Gasteiger partial charge in [0.1, 0.15) is 5.75 Å². The fourth-order valence-corrected chi connectivity index (χ4v) is 6.68. The van der Waals surface area contributed by atoms with Gasteiger partial charge in [0, 0.05) is 12.5 Å². The lowest BCUT2D eigenvalue weighted by Gasteiger charge is -2.36. The highest BCUT2D eigenvalue weighted by Crippen LogP contribution is 2.47. The Balaban J connectivity index is 1.66. The molecule has 0 aromatic heterocycles. The summed E-state index contributed by atoms with van der Waals surface area (Å²) >= 11 is 0. The van der Waals surface area contributed by atoms with Crippen molar-refractivity contribution in [3.05, 3.63) is 75.9 Å². The Morgan fingerprint density at radius 1 is 1.05 bits per heavy atom. The molecule has 0 spiro atoms. The highest BCUT2D eigenvalue weighted by molar-refractivity contribution is 6.05. The van der Waals surface area contributed by atoms with Crippen molar-refractivity contribution in [2.45, 2.75) is 72.3 Å². The third-order valence-corrected chi connectivity index (χ3v) is 8.52. The highest BCUT2D eigenvalue weighted by Gasteiger charge is 2.54. The van der Waals surface area contributed by atoms with E-state index in [4.69, 9.17) is 0 Å². The second-order valence-electron chi connectivity index (χ2n) is 11.4. The molecule has 1 saturated heterocycles. The first-order valence-electron chi connectivity index (χ1n) is 14.6. The molecule has 2 aliphatic rings. The van der Waals surface area contributed by atoms with Gasteiger partial charge in [-0.05, 0) is 91.5 Å². The summed E-state index contributed by atoms with van der Waals surface area (Å²) in [5.41, 5.74) is 6.48. The van der Waals surface area contributed by atoms with E-state index in [-0.39, 0.29) is 18.4 Å². The lowest BCUT2D eigenvalue weighted by molar-refractivity contribution is -0.140. The molecule has 40 heavy (non-hydrogen) atoms. The molecule has 0 radical (unpaired) electrons. The average Bonchev–Trinajstić information content (AvgIpc) is 3.18. The zero-order valence-corrected chi connectivity index (χ0v) is 24.2. The van der Waals surface area contributed by atoms with Gasteiger partial charge < -0.3 is 15.3 Å². The Morgan fingerprint density at radius 3 is 2.33 bits per heavy atom. The Hall–Kier alpha value is -3.22. The topological polar surface area (TPSA) is 98.1 Å². The van der Waals surface area contributed by atoms with Crippen LogP contribution in [0.1, 0.15) is 74.6 Å². The van der Waals surface area contributed by atoms with E-state index in [0.717, 1.165) is 51.8 Å². The summed E-state index contributed by atoms with van der Waals surface area (Å²) in [6.45, 7) is 7.91. The molecule has 2 aromatic carbocycles. The number of allylic oxidation sites excluding steroid dienone is 2. The van der Waals surface area contributed by atoms with Crippen molar-refractivity contribution in [3.63, 3.8) is 0 Å². The zero-order chi connectivity index (χ0) is 29.0. The molecular weight excluding hydrogens is 502 g/mol. The molecule has 2 amide bonds. The molecule has 1 aliphatic carbocycles. The summed E-state index contributed by atoms with van der Waals surface area (Å²) < 4.78 is 0. The summed E-state index contributed by atoms with van der Waals surface area (Å²) in [6, 6.07) is 14.0. The van der Waals surface area contributed by atoms with Gasteiger partial charge in [-0.15, -0.1) is 0 Å². The lowest BCUT2D eigenvalue weighted by Crippen LogP contribution is -2.39. The van der Waals surface area contributed by atoms with E-state index in [1.807, 2.05) is 63.2 Å². The average molecular weight is 546 g/mol. The second kappa shape index (κ2) is 13.0. The van der Waals surface area contributed by atoms with Crippen molar-refractivity contribution < 1.29 is 24.9 Å². The normalized spacial score (nSPS) is 22.2. The lowest BCUT2D eigenvalue weighted by atomic mass is 9.67. The Labute approximate surface area is 238 Å². The summed E-state index contributed by atoms with van der Waals surface area (Å²) in [5, 5.41) is 32.4. The minimum Gasteiger partial charge on any atom is -0.507 e. The zero-order valence-electron chi connectivity index (χ0n) is 24.2. The number of imide groups is 1. The maximum Gasteiger partial charge on any atom is 0.233 e. The van der Waals surface area contributed by atoms with Gasteiger partial charge in [-0.2, -0.15) is 0 Å². The number of carbonyl (C=O) groups excluding carboxylic acids is 2. The molecule has 0 unspecified atom stereocenters. The predicted octanol–water partition coefficient (Wildman–Crippen LogP) is 5.81. The maximum absolute atomic E-state index is 13.3. The number of carbonyl (C=O) groups is 2. The van der Waals surface area contributed by atoms with Gasteiger partial charge in [-0.1, -0.05) is 62.2 Å². The monoisotopic (exact) mass is 545 g/mol.